The molecule has 0 spiro atoms. The first-order valence-corrected chi connectivity index (χ1v) is 11.0. The number of hydrogen-bond acceptors (Lipinski definition) is 6. The van der Waals surface area contributed by atoms with Gasteiger partial charge in [0, 0.05) is 44.8 Å². The Kier molecular flexibility index (Phi) is 7.56. The van der Waals surface area contributed by atoms with E-state index in [4.69, 9.17) is 10.5 Å². The normalized spacial score (nSPS) is 15.7. The van der Waals surface area contributed by atoms with E-state index in [-0.39, 0.29) is 49.7 Å². The number of primary amides is 1. The maximum Gasteiger partial charge on any atom is 0.419 e. The molecule has 1 saturated heterocycles. The molecule has 9 nitrogen and oxygen atoms in total. The van der Waals surface area contributed by atoms with Crippen molar-refractivity contribution in [2.75, 3.05) is 31.1 Å². The molecule has 1 aliphatic heterocycles. The molecule has 2 amide bonds. The second-order valence-electron chi connectivity index (χ2n) is 9.55. The van der Waals surface area contributed by atoms with E-state index in [9.17, 15) is 22.8 Å². The quantitative estimate of drug-likeness (QED) is 0.610. The Morgan fingerprint density at radius 3 is 2.23 bits per heavy atom. The molecule has 2 N–H and O–H groups in total. The topological polar surface area (TPSA) is 107 Å². The van der Waals surface area contributed by atoms with Crippen molar-refractivity contribution in [3.63, 3.8) is 0 Å². The fraction of sp³-hybridized carbons (Fsp3) is 0.545. The molecule has 0 aromatic carbocycles. The number of carbonyl (C=O) groups is 2. The van der Waals surface area contributed by atoms with Gasteiger partial charge < -0.3 is 24.8 Å². The highest BCUT2D eigenvalue weighted by Gasteiger charge is 2.32. The van der Waals surface area contributed by atoms with Crippen molar-refractivity contribution >= 4 is 17.9 Å². The van der Waals surface area contributed by atoms with Crippen molar-refractivity contribution in [3.8, 4) is 0 Å². The van der Waals surface area contributed by atoms with Crippen LogP contribution in [0.15, 0.2) is 24.7 Å². The van der Waals surface area contributed by atoms with Crippen molar-refractivity contribution in [2.24, 2.45) is 11.1 Å². The third kappa shape index (κ3) is 6.83. The molecule has 2 aromatic rings. The standard InChI is InChI=1S/C22H28F4N6O3/c1-21(2,3)10-15(35-19(27)34)13-32-5-4-16(17(32)23)18(33)30-6-8-31(9-7-30)20-28-11-14(12-29-20)22(24,25)26/h4-5,11-12,15H,6-10,13H2,1-3H3,(H2,27,34). The van der Waals surface area contributed by atoms with Gasteiger partial charge in [0.15, 0.2) is 0 Å². The van der Waals surface area contributed by atoms with Crippen molar-refractivity contribution in [3.05, 3.63) is 41.7 Å². The average molecular weight is 500 g/mol. The monoisotopic (exact) mass is 500 g/mol. The smallest absolute Gasteiger partial charge is 0.419 e. The molecular weight excluding hydrogens is 472 g/mol. The first kappa shape index (κ1) is 26.2. The Morgan fingerprint density at radius 1 is 1.11 bits per heavy atom. The molecule has 192 valence electrons. The van der Waals surface area contributed by atoms with Gasteiger partial charge in [0.2, 0.25) is 11.9 Å². The number of nitrogens with two attached hydrogens (primary N) is 1. The van der Waals surface area contributed by atoms with E-state index in [0.717, 1.165) is 0 Å². The maximum absolute atomic E-state index is 15.1. The van der Waals surface area contributed by atoms with Crippen LogP contribution in [0.25, 0.3) is 0 Å². The Labute approximate surface area is 199 Å². The molecule has 1 atom stereocenters. The van der Waals surface area contributed by atoms with Crippen LogP contribution in [-0.2, 0) is 17.5 Å². The van der Waals surface area contributed by atoms with Gasteiger partial charge in [-0.25, -0.2) is 14.8 Å². The summed E-state index contributed by atoms with van der Waals surface area (Å²) in [6.07, 6.45) is -2.88. The largest absolute Gasteiger partial charge is 0.444 e. The third-order valence-corrected chi connectivity index (χ3v) is 5.46. The first-order chi connectivity index (χ1) is 16.2. The number of piperazine rings is 1. The summed E-state index contributed by atoms with van der Waals surface area (Å²) in [5, 5.41) is 0. The number of aromatic nitrogens is 3. The van der Waals surface area contributed by atoms with Crippen LogP contribution in [0, 0.1) is 11.4 Å². The lowest BCUT2D eigenvalue weighted by molar-refractivity contribution is -0.138. The zero-order valence-electron chi connectivity index (χ0n) is 19.7. The molecule has 0 aliphatic carbocycles. The van der Waals surface area contributed by atoms with Crippen LogP contribution in [0.3, 0.4) is 0 Å². The zero-order chi connectivity index (χ0) is 26.0. The number of hydrogen-bond donors (Lipinski definition) is 1. The lowest BCUT2D eigenvalue weighted by Gasteiger charge is -2.34. The fourth-order valence-electron chi connectivity index (χ4n) is 3.87. The molecule has 1 fully saturated rings. The summed E-state index contributed by atoms with van der Waals surface area (Å²) in [6, 6.07) is 1.36. The van der Waals surface area contributed by atoms with Crippen molar-refractivity contribution < 1.29 is 31.9 Å². The van der Waals surface area contributed by atoms with Gasteiger partial charge in [-0.1, -0.05) is 20.8 Å². The minimum absolute atomic E-state index is 0.00163. The van der Waals surface area contributed by atoms with Crippen LogP contribution < -0.4 is 10.6 Å². The van der Waals surface area contributed by atoms with Crippen LogP contribution in [-0.4, -0.2) is 63.7 Å². The third-order valence-electron chi connectivity index (χ3n) is 5.46. The second kappa shape index (κ2) is 10.1. The predicted octanol–water partition coefficient (Wildman–Crippen LogP) is 3.30. The second-order valence-corrected chi connectivity index (χ2v) is 9.55. The highest BCUT2D eigenvalue weighted by Crippen LogP contribution is 2.28. The summed E-state index contributed by atoms with van der Waals surface area (Å²) < 4.78 is 59.5. The average Bonchev–Trinajstić information content (AvgIpc) is 3.11. The fourth-order valence-corrected chi connectivity index (χ4v) is 3.87. The molecule has 1 aliphatic rings. The van der Waals surface area contributed by atoms with E-state index < -0.39 is 35.8 Å². The minimum atomic E-state index is -4.52. The predicted molar refractivity (Wildman–Crippen MR) is 118 cm³/mol. The number of carbonyl (C=O) groups excluding carboxylic acids is 2. The Bertz CT molecular complexity index is 1040. The highest BCUT2D eigenvalue weighted by molar-refractivity contribution is 5.94. The molecule has 0 radical (unpaired) electrons. The van der Waals surface area contributed by atoms with Crippen molar-refractivity contribution in [1.82, 2.24) is 19.4 Å². The SMILES string of the molecule is CC(C)(C)CC(Cn1ccc(C(=O)N2CCN(c3ncc(C(F)(F)F)cn3)CC2)c1F)OC(N)=O. The minimum Gasteiger partial charge on any atom is -0.444 e. The summed E-state index contributed by atoms with van der Waals surface area (Å²) in [7, 11) is 0. The van der Waals surface area contributed by atoms with Gasteiger partial charge in [0.25, 0.3) is 5.91 Å². The summed E-state index contributed by atoms with van der Waals surface area (Å²) in [5.41, 5.74) is 3.87. The van der Waals surface area contributed by atoms with Crippen LogP contribution in [0.2, 0.25) is 0 Å². The van der Waals surface area contributed by atoms with Crippen molar-refractivity contribution in [2.45, 2.75) is 46.0 Å². The number of ether oxygens (including phenoxy) is 1. The van der Waals surface area contributed by atoms with Gasteiger partial charge in [0.05, 0.1) is 17.7 Å². The van der Waals surface area contributed by atoms with Gasteiger partial charge in [-0.05, 0) is 17.9 Å². The van der Waals surface area contributed by atoms with Crippen LogP contribution in [0.4, 0.5) is 28.3 Å². The molecule has 2 aromatic heterocycles. The van der Waals surface area contributed by atoms with E-state index >= 15 is 4.39 Å². The molecule has 3 rings (SSSR count). The lowest BCUT2D eigenvalue weighted by atomic mass is 9.89. The summed E-state index contributed by atoms with van der Waals surface area (Å²) >= 11 is 0. The van der Waals surface area contributed by atoms with Gasteiger partial charge in [-0.2, -0.15) is 17.6 Å². The maximum atomic E-state index is 15.1. The summed E-state index contributed by atoms with van der Waals surface area (Å²) in [5.74, 6) is -1.14. The van der Waals surface area contributed by atoms with E-state index in [1.54, 1.807) is 4.90 Å². The van der Waals surface area contributed by atoms with E-state index in [2.05, 4.69) is 9.97 Å². The van der Waals surface area contributed by atoms with Crippen LogP contribution >= 0.6 is 0 Å². The van der Waals surface area contributed by atoms with Crippen molar-refractivity contribution in [1.29, 1.82) is 0 Å². The van der Waals surface area contributed by atoms with E-state index in [0.29, 0.717) is 18.8 Å². The Hall–Kier alpha value is -3.38. The Morgan fingerprint density at radius 2 is 1.71 bits per heavy atom. The van der Waals surface area contributed by atoms with E-state index in [1.165, 1.54) is 21.7 Å². The number of anilines is 1. The molecule has 3 heterocycles. The highest BCUT2D eigenvalue weighted by atomic mass is 19.4. The van der Waals surface area contributed by atoms with E-state index in [1.807, 2.05) is 20.8 Å². The van der Waals surface area contributed by atoms with Gasteiger partial charge in [0.1, 0.15) is 6.10 Å². The molecule has 13 heteroatoms. The summed E-state index contributed by atoms with van der Waals surface area (Å²) in [6.45, 7) is 6.82. The number of amides is 2. The Balaban J connectivity index is 1.63. The molecular formula is C22H28F4N6O3. The van der Waals surface area contributed by atoms with Crippen LogP contribution in [0.1, 0.15) is 43.1 Å². The first-order valence-electron chi connectivity index (χ1n) is 11.0. The number of alkyl halides is 3. The molecule has 0 bridgehead atoms. The number of rotatable bonds is 6. The lowest BCUT2D eigenvalue weighted by Crippen LogP contribution is -2.49. The zero-order valence-corrected chi connectivity index (χ0v) is 19.7. The number of halogens is 4. The summed E-state index contributed by atoms with van der Waals surface area (Å²) in [4.78, 5) is 34.8. The van der Waals surface area contributed by atoms with Gasteiger partial charge in [-0.15, -0.1) is 0 Å². The number of nitrogens with zero attached hydrogens (tertiary/aromatic N) is 5. The molecule has 1 unspecified atom stereocenters. The van der Waals surface area contributed by atoms with Gasteiger partial charge >= 0.3 is 12.3 Å². The molecule has 0 saturated carbocycles. The van der Waals surface area contributed by atoms with Crippen LogP contribution in [0.5, 0.6) is 0 Å². The molecule has 35 heavy (non-hydrogen) atoms. The van der Waals surface area contributed by atoms with Gasteiger partial charge in [-0.3, -0.25) is 4.79 Å².